The van der Waals surface area contributed by atoms with Crippen LogP contribution in [0.1, 0.15) is 44.3 Å². The fraction of sp³-hybridized carbons (Fsp3) is 0.333. The third-order valence-electron chi connectivity index (χ3n) is 5.18. The van der Waals surface area contributed by atoms with Crippen LogP contribution in [0.5, 0.6) is 0 Å². The molecule has 1 saturated heterocycles. The average molecular weight is 407 g/mol. The van der Waals surface area contributed by atoms with Crippen molar-refractivity contribution in [3.63, 3.8) is 0 Å². The third kappa shape index (κ3) is 5.11. The van der Waals surface area contributed by atoms with Crippen LogP contribution in [0.15, 0.2) is 60.7 Å². The molecular formula is C24H26N2O2S. The minimum Gasteiger partial charge on any atom is -0.376 e. The van der Waals surface area contributed by atoms with Gasteiger partial charge in [0.15, 0.2) is 0 Å². The van der Waals surface area contributed by atoms with Gasteiger partial charge in [0.05, 0.1) is 16.8 Å². The summed E-state index contributed by atoms with van der Waals surface area (Å²) in [6.07, 6.45) is 2.96. The quantitative estimate of drug-likeness (QED) is 0.562. The van der Waals surface area contributed by atoms with E-state index in [9.17, 15) is 4.79 Å². The monoisotopic (exact) mass is 406 g/mol. The molecule has 5 heteroatoms. The first-order valence-corrected chi connectivity index (χ1v) is 11.0. The highest BCUT2D eigenvalue weighted by molar-refractivity contribution is 7.13. The number of aromatic nitrogens is 1. The summed E-state index contributed by atoms with van der Waals surface area (Å²) in [5.74, 6) is 0.0543. The van der Waals surface area contributed by atoms with E-state index >= 15 is 0 Å². The predicted octanol–water partition coefficient (Wildman–Crippen LogP) is 4.86. The second-order valence-corrected chi connectivity index (χ2v) is 8.57. The van der Waals surface area contributed by atoms with Gasteiger partial charge in [-0.25, -0.2) is 4.98 Å². The molecule has 0 saturated carbocycles. The van der Waals surface area contributed by atoms with Crippen LogP contribution in [0.25, 0.3) is 0 Å². The first-order valence-electron chi connectivity index (χ1n) is 10.1. The number of carbonyl (C=O) groups excluding carboxylic acids is 1. The zero-order valence-corrected chi connectivity index (χ0v) is 17.5. The molecular weight excluding hydrogens is 380 g/mol. The standard InChI is InChI=1S/C24H26N2O2S/c1-18-23(29-22(25-18)15-19-9-4-2-5-10-19)24(27)26(17-21-13-8-14-28-21)16-20-11-6-3-7-12-20/h2-7,9-12,21H,8,13-17H2,1H3. The minimum absolute atomic E-state index is 0.0543. The summed E-state index contributed by atoms with van der Waals surface area (Å²) in [6, 6.07) is 20.4. The lowest BCUT2D eigenvalue weighted by molar-refractivity contribution is 0.0510. The van der Waals surface area contributed by atoms with E-state index in [2.05, 4.69) is 29.2 Å². The van der Waals surface area contributed by atoms with Crippen LogP contribution in [0.3, 0.4) is 0 Å². The smallest absolute Gasteiger partial charge is 0.266 e. The summed E-state index contributed by atoms with van der Waals surface area (Å²) >= 11 is 1.52. The van der Waals surface area contributed by atoms with Gasteiger partial charge in [0.1, 0.15) is 4.88 Å². The maximum atomic E-state index is 13.5. The zero-order valence-electron chi connectivity index (χ0n) is 16.7. The van der Waals surface area contributed by atoms with Crippen molar-refractivity contribution in [2.24, 2.45) is 0 Å². The van der Waals surface area contributed by atoms with Gasteiger partial charge in [-0.15, -0.1) is 11.3 Å². The molecule has 0 aliphatic carbocycles. The van der Waals surface area contributed by atoms with Crippen LogP contribution in [0.4, 0.5) is 0 Å². The number of rotatable bonds is 7. The summed E-state index contributed by atoms with van der Waals surface area (Å²) in [5, 5.41) is 0.980. The zero-order chi connectivity index (χ0) is 20.1. The number of benzene rings is 2. The Kier molecular flexibility index (Phi) is 6.37. The number of hydrogen-bond donors (Lipinski definition) is 0. The Morgan fingerprint density at radius 2 is 1.79 bits per heavy atom. The predicted molar refractivity (Wildman–Crippen MR) is 116 cm³/mol. The molecule has 0 radical (unpaired) electrons. The molecule has 0 N–H and O–H groups in total. The summed E-state index contributed by atoms with van der Waals surface area (Å²) in [5.41, 5.74) is 3.16. The Balaban J connectivity index is 1.54. The average Bonchev–Trinajstić information content (AvgIpc) is 3.38. The van der Waals surface area contributed by atoms with Crippen molar-refractivity contribution in [1.29, 1.82) is 0 Å². The summed E-state index contributed by atoms with van der Waals surface area (Å²) in [6.45, 7) is 3.94. The lowest BCUT2D eigenvalue weighted by Gasteiger charge is -2.25. The van der Waals surface area contributed by atoms with Crippen molar-refractivity contribution in [1.82, 2.24) is 9.88 Å². The number of nitrogens with zero attached hydrogens (tertiary/aromatic N) is 2. The number of thiazole rings is 1. The molecule has 0 bridgehead atoms. The Morgan fingerprint density at radius 3 is 2.45 bits per heavy atom. The van der Waals surface area contributed by atoms with E-state index in [1.165, 1.54) is 16.9 Å². The first kappa shape index (κ1) is 19.8. The van der Waals surface area contributed by atoms with E-state index in [0.717, 1.165) is 47.0 Å². The van der Waals surface area contributed by atoms with Gasteiger partial charge < -0.3 is 9.64 Å². The fourth-order valence-corrected chi connectivity index (χ4v) is 4.76. The first-order chi connectivity index (χ1) is 14.2. The second kappa shape index (κ2) is 9.33. The van der Waals surface area contributed by atoms with E-state index in [4.69, 9.17) is 4.74 Å². The number of carbonyl (C=O) groups is 1. The maximum Gasteiger partial charge on any atom is 0.266 e. The van der Waals surface area contributed by atoms with Crippen molar-refractivity contribution in [3.8, 4) is 0 Å². The van der Waals surface area contributed by atoms with E-state index in [-0.39, 0.29) is 12.0 Å². The van der Waals surface area contributed by atoms with Crippen LogP contribution in [0.2, 0.25) is 0 Å². The van der Waals surface area contributed by atoms with E-state index < -0.39 is 0 Å². The topological polar surface area (TPSA) is 42.4 Å². The summed E-state index contributed by atoms with van der Waals surface area (Å²) in [4.78, 5) is 20.8. The molecule has 4 nitrogen and oxygen atoms in total. The molecule has 150 valence electrons. The van der Waals surface area contributed by atoms with Crippen LogP contribution in [-0.2, 0) is 17.7 Å². The number of hydrogen-bond acceptors (Lipinski definition) is 4. The van der Waals surface area contributed by atoms with Gasteiger partial charge in [0.2, 0.25) is 0 Å². The van der Waals surface area contributed by atoms with E-state index in [1.807, 2.05) is 48.2 Å². The van der Waals surface area contributed by atoms with Gasteiger partial charge in [0, 0.05) is 26.1 Å². The van der Waals surface area contributed by atoms with Crippen molar-refractivity contribution in [3.05, 3.63) is 87.4 Å². The molecule has 1 fully saturated rings. The fourth-order valence-electron chi connectivity index (χ4n) is 3.70. The van der Waals surface area contributed by atoms with Gasteiger partial charge in [-0.05, 0) is 30.9 Å². The molecule has 4 rings (SSSR count). The SMILES string of the molecule is Cc1nc(Cc2ccccc2)sc1C(=O)N(Cc1ccccc1)CC1CCCO1. The van der Waals surface area contributed by atoms with Gasteiger partial charge in [0.25, 0.3) is 5.91 Å². The summed E-state index contributed by atoms with van der Waals surface area (Å²) in [7, 11) is 0. The molecule has 3 aromatic rings. The van der Waals surface area contributed by atoms with Crippen LogP contribution in [0, 0.1) is 6.92 Å². The Bertz CT molecular complexity index is 934. The van der Waals surface area contributed by atoms with Crippen molar-refractivity contribution < 1.29 is 9.53 Å². The Hall–Kier alpha value is -2.50. The van der Waals surface area contributed by atoms with Crippen LogP contribution >= 0.6 is 11.3 Å². The molecule has 29 heavy (non-hydrogen) atoms. The molecule has 1 unspecified atom stereocenters. The van der Waals surface area contributed by atoms with Gasteiger partial charge in [-0.2, -0.15) is 0 Å². The minimum atomic E-state index is 0.0543. The van der Waals surface area contributed by atoms with E-state index in [0.29, 0.717) is 13.1 Å². The van der Waals surface area contributed by atoms with Crippen LogP contribution in [-0.4, -0.2) is 35.0 Å². The largest absolute Gasteiger partial charge is 0.376 e. The van der Waals surface area contributed by atoms with Gasteiger partial charge in [-0.1, -0.05) is 60.7 Å². The highest BCUT2D eigenvalue weighted by Crippen LogP contribution is 2.24. The van der Waals surface area contributed by atoms with Crippen molar-refractivity contribution in [2.45, 2.75) is 38.8 Å². The molecule has 2 heterocycles. The molecule has 2 aromatic carbocycles. The second-order valence-electron chi connectivity index (χ2n) is 7.49. The molecule has 1 atom stereocenters. The molecule has 1 aliphatic rings. The number of aryl methyl sites for hydroxylation is 1. The highest BCUT2D eigenvalue weighted by atomic mass is 32.1. The van der Waals surface area contributed by atoms with Crippen molar-refractivity contribution >= 4 is 17.2 Å². The molecule has 1 aliphatic heterocycles. The van der Waals surface area contributed by atoms with Gasteiger partial charge in [-0.3, -0.25) is 4.79 Å². The molecule has 0 spiro atoms. The normalized spacial score (nSPS) is 16.1. The Morgan fingerprint density at radius 1 is 1.10 bits per heavy atom. The third-order valence-corrected chi connectivity index (χ3v) is 6.33. The number of amides is 1. The summed E-state index contributed by atoms with van der Waals surface area (Å²) < 4.78 is 5.82. The molecule has 1 aromatic heterocycles. The lowest BCUT2D eigenvalue weighted by atomic mass is 10.1. The number of ether oxygens (including phenoxy) is 1. The lowest BCUT2D eigenvalue weighted by Crippen LogP contribution is -2.36. The highest BCUT2D eigenvalue weighted by Gasteiger charge is 2.26. The van der Waals surface area contributed by atoms with E-state index in [1.54, 1.807) is 0 Å². The Labute approximate surface area is 176 Å². The van der Waals surface area contributed by atoms with Crippen molar-refractivity contribution in [2.75, 3.05) is 13.2 Å². The maximum absolute atomic E-state index is 13.5. The molecule has 1 amide bonds. The van der Waals surface area contributed by atoms with Gasteiger partial charge >= 0.3 is 0 Å². The van der Waals surface area contributed by atoms with Crippen LogP contribution < -0.4 is 0 Å².